The van der Waals surface area contributed by atoms with Crippen LogP contribution in [0.1, 0.15) is 37.5 Å². The number of H-pyrrole nitrogens is 1. The van der Waals surface area contributed by atoms with Crippen molar-refractivity contribution in [2.45, 2.75) is 37.7 Å². The molecule has 2 N–H and O–H groups in total. The number of nitrogens with one attached hydrogen (secondary N) is 1. The van der Waals surface area contributed by atoms with E-state index in [0.29, 0.717) is 17.5 Å². The van der Waals surface area contributed by atoms with E-state index in [1.165, 1.54) is 6.33 Å². The van der Waals surface area contributed by atoms with Gasteiger partial charge in [0.15, 0.2) is 5.82 Å². The Kier molecular flexibility index (Phi) is 2.60. The van der Waals surface area contributed by atoms with Crippen LogP contribution in [0.2, 0.25) is 0 Å². The summed E-state index contributed by atoms with van der Waals surface area (Å²) in [6, 6.07) is 0. The summed E-state index contributed by atoms with van der Waals surface area (Å²) in [6.45, 7) is 0. The Hall–Kier alpha value is -1.76. The summed E-state index contributed by atoms with van der Waals surface area (Å²) in [5.41, 5.74) is 0. The molecule has 7 heteroatoms. The van der Waals surface area contributed by atoms with Crippen molar-refractivity contribution in [2.75, 3.05) is 0 Å². The first kappa shape index (κ1) is 10.4. The lowest BCUT2D eigenvalue weighted by atomic mass is 9.87. The van der Waals surface area contributed by atoms with Gasteiger partial charge in [-0.1, -0.05) is 5.16 Å². The Labute approximate surface area is 97.3 Å². The maximum absolute atomic E-state index is 9.44. The zero-order valence-electron chi connectivity index (χ0n) is 9.20. The Morgan fingerprint density at radius 3 is 2.82 bits per heavy atom. The SMILES string of the molecule is OC1CCC(c2nc(-c3ncn[nH]3)no2)CC1. The molecular formula is C10H13N5O2. The molecule has 2 aromatic heterocycles. The average Bonchev–Trinajstić information content (AvgIpc) is 3.00. The van der Waals surface area contributed by atoms with Gasteiger partial charge in [0.25, 0.3) is 0 Å². The van der Waals surface area contributed by atoms with Crippen molar-refractivity contribution in [3.8, 4) is 11.6 Å². The lowest BCUT2D eigenvalue weighted by molar-refractivity contribution is 0.116. The molecular weight excluding hydrogens is 222 g/mol. The van der Waals surface area contributed by atoms with E-state index in [-0.39, 0.29) is 12.0 Å². The van der Waals surface area contributed by atoms with E-state index in [1.807, 2.05) is 0 Å². The fraction of sp³-hybridized carbons (Fsp3) is 0.600. The van der Waals surface area contributed by atoms with Gasteiger partial charge in [0, 0.05) is 5.92 Å². The normalized spacial score (nSPS) is 25.0. The smallest absolute Gasteiger partial charge is 0.239 e. The molecule has 1 saturated carbocycles. The van der Waals surface area contributed by atoms with Crippen LogP contribution in [0.15, 0.2) is 10.9 Å². The highest BCUT2D eigenvalue weighted by Gasteiger charge is 2.25. The number of aromatic nitrogens is 5. The summed E-state index contributed by atoms with van der Waals surface area (Å²) >= 11 is 0. The number of hydrogen-bond donors (Lipinski definition) is 2. The standard InChI is InChI=1S/C10H13N5O2/c16-7-3-1-6(2-4-7)10-13-9(15-17-10)8-11-5-12-14-8/h5-7,16H,1-4H2,(H,11,12,14). The molecule has 0 spiro atoms. The molecule has 0 saturated heterocycles. The van der Waals surface area contributed by atoms with Crippen LogP contribution in [0, 0.1) is 0 Å². The average molecular weight is 235 g/mol. The quantitative estimate of drug-likeness (QED) is 0.801. The highest BCUT2D eigenvalue weighted by atomic mass is 16.5. The van der Waals surface area contributed by atoms with E-state index < -0.39 is 0 Å². The third-order valence-electron chi connectivity index (χ3n) is 3.11. The van der Waals surface area contributed by atoms with Crippen molar-refractivity contribution >= 4 is 0 Å². The number of nitrogens with zero attached hydrogens (tertiary/aromatic N) is 4. The van der Waals surface area contributed by atoms with Crippen LogP contribution in [0.25, 0.3) is 11.6 Å². The Balaban J connectivity index is 1.76. The van der Waals surface area contributed by atoms with Crippen molar-refractivity contribution < 1.29 is 9.63 Å². The minimum atomic E-state index is -0.178. The van der Waals surface area contributed by atoms with E-state index in [0.717, 1.165) is 25.7 Å². The zero-order valence-corrected chi connectivity index (χ0v) is 9.20. The number of aromatic amines is 1. The summed E-state index contributed by atoms with van der Waals surface area (Å²) in [7, 11) is 0. The molecule has 2 aromatic rings. The molecule has 90 valence electrons. The van der Waals surface area contributed by atoms with Gasteiger partial charge in [-0.2, -0.15) is 10.1 Å². The Bertz CT molecular complexity index is 473. The summed E-state index contributed by atoms with van der Waals surface area (Å²) < 4.78 is 5.23. The fourth-order valence-corrected chi connectivity index (χ4v) is 2.13. The van der Waals surface area contributed by atoms with Gasteiger partial charge in [-0.15, -0.1) is 0 Å². The van der Waals surface area contributed by atoms with E-state index in [4.69, 9.17) is 4.52 Å². The maximum Gasteiger partial charge on any atom is 0.239 e. The number of aliphatic hydroxyl groups excluding tert-OH is 1. The Morgan fingerprint density at radius 1 is 1.29 bits per heavy atom. The second kappa shape index (κ2) is 4.25. The third-order valence-corrected chi connectivity index (χ3v) is 3.11. The second-order valence-corrected chi connectivity index (χ2v) is 4.30. The van der Waals surface area contributed by atoms with Crippen molar-refractivity contribution in [1.29, 1.82) is 0 Å². The lowest BCUT2D eigenvalue weighted by Crippen LogP contribution is -2.17. The monoisotopic (exact) mass is 235 g/mol. The van der Waals surface area contributed by atoms with Crippen LogP contribution in [-0.2, 0) is 0 Å². The molecule has 0 atom stereocenters. The molecule has 0 amide bonds. The maximum atomic E-state index is 9.44. The first-order valence-electron chi connectivity index (χ1n) is 5.70. The van der Waals surface area contributed by atoms with Crippen LogP contribution >= 0.6 is 0 Å². The van der Waals surface area contributed by atoms with Crippen LogP contribution < -0.4 is 0 Å². The summed E-state index contributed by atoms with van der Waals surface area (Å²) in [6.07, 6.45) is 4.60. The molecule has 0 bridgehead atoms. The van der Waals surface area contributed by atoms with E-state index in [1.54, 1.807) is 0 Å². The first-order valence-corrected chi connectivity index (χ1v) is 5.70. The molecule has 0 aromatic carbocycles. The molecule has 0 aliphatic heterocycles. The van der Waals surface area contributed by atoms with Crippen molar-refractivity contribution in [1.82, 2.24) is 25.3 Å². The van der Waals surface area contributed by atoms with Crippen molar-refractivity contribution in [2.24, 2.45) is 0 Å². The van der Waals surface area contributed by atoms with Crippen molar-refractivity contribution in [3.05, 3.63) is 12.2 Å². The highest BCUT2D eigenvalue weighted by molar-refractivity contribution is 5.39. The number of rotatable bonds is 2. The lowest BCUT2D eigenvalue weighted by Gasteiger charge is -2.22. The summed E-state index contributed by atoms with van der Waals surface area (Å²) in [5, 5.41) is 19.7. The molecule has 0 radical (unpaired) electrons. The molecule has 2 heterocycles. The number of aliphatic hydroxyl groups is 1. The van der Waals surface area contributed by atoms with Crippen LogP contribution in [0.5, 0.6) is 0 Å². The molecule has 0 unspecified atom stereocenters. The predicted molar refractivity (Wildman–Crippen MR) is 56.9 cm³/mol. The van der Waals surface area contributed by atoms with E-state index in [2.05, 4.69) is 25.3 Å². The van der Waals surface area contributed by atoms with Gasteiger partial charge in [-0.3, -0.25) is 5.10 Å². The van der Waals surface area contributed by atoms with Gasteiger partial charge in [0.2, 0.25) is 11.7 Å². The molecule has 17 heavy (non-hydrogen) atoms. The van der Waals surface area contributed by atoms with Gasteiger partial charge < -0.3 is 9.63 Å². The van der Waals surface area contributed by atoms with Crippen LogP contribution in [0.4, 0.5) is 0 Å². The van der Waals surface area contributed by atoms with Gasteiger partial charge in [-0.25, -0.2) is 4.98 Å². The Morgan fingerprint density at radius 2 is 2.12 bits per heavy atom. The van der Waals surface area contributed by atoms with Crippen LogP contribution in [0.3, 0.4) is 0 Å². The van der Waals surface area contributed by atoms with Gasteiger partial charge in [-0.05, 0) is 25.7 Å². The largest absolute Gasteiger partial charge is 0.393 e. The second-order valence-electron chi connectivity index (χ2n) is 4.30. The molecule has 3 rings (SSSR count). The summed E-state index contributed by atoms with van der Waals surface area (Å²) in [5.74, 6) is 1.82. The van der Waals surface area contributed by atoms with E-state index >= 15 is 0 Å². The predicted octanol–water partition coefficient (Wildman–Crippen LogP) is 0.873. The molecule has 1 aliphatic rings. The van der Waals surface area contributed by atoms with Gasteiger partial charge in [0.1, 0.15) is 6.33 Å². The van der Waals surface area contributed by atoms with E-state index in [9.17, 15) is 5.11 Å². The van der Waals surface area contributed by atoms with Crippen LogP contribution in [-0.4, -0.2) is 36.5 Å². The zero-order chi connectivity index (χ0) is 11.7. The topological polar surface area (TPSA) is 101 Å². The molecule has 1 fully saturated rings. The van der Waals surface area contributed by atoms with Gasteiger partial charge in [0.05, 0.1) is 6.10 Å². The summed E-state index contributed by atoms with van der Waals surface area (Å²) in [4.78, 5) is 8.27. The van der Waals surface area contributed by atoms with Gasteiger partial charge >= 0.3 is 0 Å². The fourth-order valence-electron chi connectivity index (χ4n) is 2.13. The number of hydrogen-bond acceptors (Lipinski definition) is 6. The first-order chi connectivity index (χ1) is 8.33. The molecule has 1 aliphatic carbocycles. The van der Waals surface area contributed by atoms with Crippen molar-refractivity contribution in [3.63, 3.8) is 0 Å². The minimum Gasteiger partial charge on any atom is -0.393 e. The third kappa shape index (κ3) is 2.05. The highest BCUT2D eigenvalue weighted by Crippen LogP contribution is 2.32. The molecule has 7 nitrogen and oxygen atoms in total. The minimum absolute atomic E-state index is 0.178.